The second-order valence-corrected chi connectivity index (χ2v) is 3.64. The summed E-state index contributed by atoms with van der Waals surface area (Å²) in [5, 5.41) is 0. The van der Waals surface area contributed by atoms with Crippen molar-refractivity contribution >= 4 is 5.78 Å². The molecular formula is C12H16FNO. The second kappa shape index (κ2) is 5.61. The van der Waals surface area contributed by atoms with Crippen molar-refractivity contribution in [3.8, 4) is 0 Å². The highest BCUT2D eigenvalue weighted by atomic mass is 19.1. The van der Waals surface area contributed by atoms with Crippen molar-refractivity contribution in [1.29, 1.82) is 0 Å². The maximum atomic E-state index is 13.2. The van der Waals surface area contributed by atoms with Gasteiger partial charge in [0.25, 0.3) is 0 Å². The maximum Gasteiger partial charge on any atom is 0.151 e. The van der Waals surface area contributed by atoms with Crippen molar-refractivity contribution in [2.45, 2.75) is 13.3 Å². The molecule has 0 aliphatic heterocycles. The van der Waals surface area contributed by atoms with Gasteiger partial charge in [0.15, 0.2) is 5.78 Å². The second-order valence-electron chi connectivity index (χ2n) is 3.64. The Morgan fingerprint density at radius 3 is 2.67 bits per heavy atom. The van der Waals surface area contributed by atoms with E-state index in [1.165, 1.54) is 6.07 Å². The molecule has 0 fully saturated rings. The van der Waals surface area contributed by atoms with Crippen LogP contribution >= 0.6 is 0 Å². The third-order valence-corrected chi connectivity index (χ3v) is 2.33. The third-order valence-electron chi connectivity index (χ3n) is 2.33. The molecule has 0 amide bonds. The third kappa shape index (κ3) is 3.80. The lowest BCUT2D eigenvalue weighted by Gasteiger charge is -2.12. The van der Waals surface area contributed by atoms with Gasteiger partial charge in [-0.2, -0.15) is 0 Å². The summed E-state index contributed by atoms with van der Waals surface area (Å²) in [4.78, 5) is 13.4. The quantitative estimate of drug-likeness (QED) is 0.738. The van der Waals surface area contributed by atoms with Crippen molar-refractivity contribution in [2.75, 3.05) is 20.1 Å². The molecule has 0 saturated heterocycles. The van der Waals surface area contributed by atoms with Crippen molar-refractivity contribution in [2.24, 2.45) is 0 Å². The molecule has 0 N–H and O–H groups in total. The van der Waals surface area contributed by atoms with Gasteiger partial charge in [-0.3, -0.25) is 9.69 Å². The first-order valence-electron chi connectivity index (χ1n) is 5.07. The van der Waals surface area contributed by atoms with E-state index < -0.39 is 0 Å². The number of nitrogens with zero attached hydrogens (tertiary/aromatic N) is 1. The summed E-state index contributed by atoms with van der Waals surface area (Å²) >= 11 is 0. The van der Waals surface area contributed by atoms with Gasteiger partial charge in [-0.15, -0.1) is 0 Å². The number of benzene rings is 1. The fourth-order valence-electron chi connectivity index (χ4n) is 1.32. The highest BCUT2D eigenvalue weighted by Crippen LogP contribution is 2.07. The van der Waals surface area contributed by atoms with Gasteiger partial charge in [0.1, 0.15) is 5.82 Å². The Morgan fingerprint density at radius 2 is 2.07 bits per heavy atom. The summed E-state index contributed by atoms with van der Waals surface area (Å²) in [6.07, 6.45) is 0.178. The Balaban J connectivity index is 2.55. The zero-order valence-corrected chi connectivity index (χ0v) is 9.16. The zero-order valence-electron chi connectivity index (χ0n) is 9.16. The lowest BCUT2D eigenvalue weighted by molar-refractivity contribution is -0.119. The smallest absolute Gasteiger partial charge is 0.151 e. The highest BCUT2D eigenvalue weighted by Gasteiger charge is 2.09. The van der Waals surface area contributed by atoms with Gasteiger partial charge in [-0.05, 0) is 25.2 Å². The predicted molar refractivity (Wildman–Crippen MR) is 58.3 cm³/mol. The van der Waals surface area contributed by atoms with Crippen LogP contribution in [0.5, 0.6) is 0 Å². The van der Waals surface area contributed by atoms with Crippen LogP contribution in [-0.4, -0.2) is 30.8 Å². The van der Waals surface area contributed by atoms with Gasteiger partial charge < -0.3 is 0 Å². The summed E-state index contributed by atoms with van der Waals surface area (Å²) in [6.45, 7) is 3.18. The van der Waals surface area contributed by atoms with Gasteiger partial charge >= 0.3 is 0 Å². The largest absolute Gasteiger partial charge is 0.299 e. The number of hydrogen-bond acceptors (Lipinski definition) is 2. The number of Topliss-reactive ketones (excluding diaryl/α,β-unsaturated/α-hetero) is 1. The van der Waals surface area contributed by atoms with E-state index in [0.29, 0.717) is 12.1 Å². The van der Waals surface area contributed by atoms with Crippen molar-refractivity contribution in [3.05, 3.63) is 35.6 Å². The van der Waals surface area contributed by atoms with E-state index in [9.17, 15) is 9.18 Å². The van der Waals surface area contributed by atoms with E-state index >= 15 is 0 Å². The van der Waals surface area contributed by atoms with Crippen molar-refractivity contribution in [3.63, 3.8) is 0 Å². The summed E-state index contributed by atoms with van der Waals surface area (Å²) in [5.41, 5.74) is 0.479. The molecule has 82 valence electrons. The normalized spacial score (nSPS) is 10.7. The number of halogens is 1. The first-order chi connectivity index (χ1) is 7.13. The molecule has 0 spiro atoms. The van der Waals surface area contributed by atoms with Crippen LogP contribution in [0.1, 0.15) is 12.5 Å². The molecular weight excluding hydrogens is 193 g/mol. The molecule has 3 heteroatoms. The number of rotatable bonds is 5. The minimum absolute atomic E-state index is 0.0458. The minimum Gasteiger partial charge on any atom is -0.299 e. The van der Waals surface area contributed by atoms with Crippen molar-refractivity contribution in [1.82, 2.24) is 4.90 Å². The molecule has 1 rings (SSSR count). The number of likely N-dealkylation sites (N-methyl/N-ethyl adjacent to an activating group) is 1. The number of carbonyl (C=O) groups is 1. The van der Waals surface area contributed by atoms with Crippen LogP contribution in [0.3, 0.4) is 0 Å². The molecule has 2 nitrogen and oxygen atoms in total. The van der Waals surface area contributed by atoms with Gasteiger partial charge in [0.2, 0.25) is 0 Å². The molecule has 0 saturated carbocycles. The Labute approximate surface area is 89.7 Å². The molecule has 0 heterocycles. The standard InChI is InChI=1S/C12H16FNO/c1-3-14(2)9-11(15)8-10-6-4-5-7-12(10)13/h4-7H,3,8-9H2,1-2H3. The van der Waals surface area contributed by atoms with Crippen LogP contribution < -0.4 is 0 Å². The van der Waals surface area contributed by atoms with Crippen LogP contribution in [0.4, 0.5) is 4.39 Å². The van der Waals surface area contributed by atoms with Crippen LogP contribution in [0.25, 0.3) is 0 Å². The van der Waals surface area contributed by atoms with Crippen molar-refractivity contribution < 1.29 is 9.18 Å². The number of hydrogen-bond donors (Lipinski definition) is 0. The Bertz CT molecular complexity index is 338. The predicted octanol–water partition coefficient (Wildman–Crippen LogP) is 1.89. The van der Waals surface area contributed by atoms with Crippen LogP contribution in [0.15, 0.2) is 24.3 Å². The summed E-state index contributed by atoms with van der Waals surface area (Å²) in [7, 11) is 1.87. The summed E-state index contributed by atoms with van der Waals surface area (Å²) in [5.74, 6) is -0.255. The summed E-state index contributed by atoms with van der Waals surface area (Å²) < 4.78 is 13.2. The van der Waals surface area contributed by atoms with E-state index in [1.807, 2.05) is 18.9 Å². The van der Waals surface area contributed by atoms with E-state index in [4.69, 9.17) is 0 Å². The fraction of sp³-hybridized carbons (Fsp3) is 0.417. The molecule has 0 aliphatic carbocycles. The number of ketones is 1. The Morgan fingerprint density at radius 1 is 1.40 bits per heavy atom. The lowest BCUT2D eigenvalue weighted by Crippen LogP contribution is -2.26. The van der Waals surface area contributed by atoms with E-state index in [0.717, 1.165) is 6.54 Å². The number of carbonyl (C=O) groups excluding carboxylic acids is 1. The molecule has 0 unspecified atom stereocenters. The molecule has 0 aliphatic rings. The van der Waals surface area contributed by atoms with Gasteiger partial charge in [0.05, 0.1) is 6.54 Å². The highest BCUT2D eigenvalue weighted by molar-refractivity contribution is 5.82. The molecule has 0 bridgehead atoms. The monoisotopic (exact) mass is 209 g/mol. The minimum atomic E-state index is -0.301. The molecule has 1 aromatic carbocycles. The van der Waals surface area contributed by atoms with Crippen LogP contribution in [0.2, 0.25) is 0 Å². The zero-order chi connectivity index (χ0) is 11.3. The molecule has 0 radical (unpaired) electrons. The average Bonchev–Trinajstić information content (AvgIpc) is 2.21. The average molecular weight is 209 g/mol. The van der Waals surface area contributed by atoms with Crippen LogP contribution in [0, 0.1) is 5.82 Å². The van der Waals surface area contributed by atoms with E-state index in [-0.39, 0.29) is 18.0 Å². The van der Waals surface area contributed by atoms with Crippen LogP contribution in [-0.2, 0) is 11.2 Å². The van der Waals surface area contributed by atoms with E-state index in [2.05, 4.69) is 0 Å². The molecule has 0 aromatic heterocycles. The lowest BCUT2D eigenvalue weighted by atomic mass is 10.1. The molecule has 0 atom stereocenters. The van der Waals surface area contributed by atoms with Gasteiger partial charge in [-0.25, -0.2) is 4.39 Å². The first kappa shape index (κ1) is 11.9. The van der Waals surface area contributed by atoms with Gasteiger partial charge in [0, 0.05) is 6.42 Å². The maximum absolute atomic E-state index is 13.2. The Hall–Kier alpha value is -1.22. The topological polar surface area (TPSA) is 20.3 Å². The molecule has 15 heavy (non-hydrogen) atoms. The first-order valence-corrected chi connectivity index (χ1v) is 5.07. The summed E-state index contributed by atoms with van der Waals surface area (Å²) in [6, 6.07) is 6.40. The fourth-order valence-corrected chi connectivity index (χ4v) is 1.32. The SMILES string of the molecule is CCN(C)CC(=O)Cc1ccccc1F. The molecule has 1 aromatic rings. The van der Waals surface area contributed by atoms with E-state index in [1.54, 1.807) is 18.2 Å². The Kier molecular flexibility index (Phi) is 4.43. The van der Waals surface area contributed by atoms with Gasteiger partial charge in [-0.1, -0.05) is 25.1 Å².